The fourth-order valence-electron chi connectivity index (χ4n) is 1.20. The minimum Gasteiger partial charge on any atom is -0.383 e. The van der Waals surface area contributed by atoms with Crippen LogP contribution in [0.4, 0.5) is 11.4 Å². The number of rotatable bonds is 5. The summed E-state index contributed by atoms with van der Waals surface area (Å²) < 4.78 is 0. The van der Waals surface area contributed by atoms with Crippen molar-refractivity contribution in [1.29, 1.82) is 0 Å². The van der Waals surface area contributed by atoms with E-state index in [9.17, 15) is 9.59 Å². The molecule has 0 heterocycles. The number of anilines is 2. The van der Waals surface area contributed by atoms with Crippen molar-refractivity contribution in [2.24, 2.45) is 0 Å². The van der Waals surface area contributed by atoms with Crippen LogP contribution in [0.3, 0.4) is 0 Å². The fraction of sp³-hybridized carbons (Fsp3) is 0.556. The molecule has 14 heavy (non-hydrogen) atoms. The lowest BCUT2D eigenvalue weighted by Gasteiger charge is -2.14. The molecule has 0 aliphatic carbocycles. The first-order valence-corrected chi connectivity index (χ1v) is 4.47. The van der Waals surface area contributed by atoms with Gasteiger partial charge < -0.3 is 15.5 Å². The highest BCUT2D eigenvalue weighted by Crippen LogP contribution is 2.12. The number of likely N-dealkylation sites (N-methyl/N-ethyl adjacent to an activating group) is 1. The Bertz CT molecular complexity index is 377. The van der Waals surface area contributed by atoms with Crippen LogP contribution in [0.15, 0.2) is 9.59 Å². The number of nitrogens with one attached hydrogen (secondary N) is 2. The predicted molar refractivity (Wildman–Crippen MR) is 57.9 cm³/mol. The molecule has 0 atom stereocenters. The molecule has 0 saturated carbocycles. The smallest absolute Gasteiger partial charge is 0.253 e. The summed E-state index contributed by atoms with van der Waals surface area (Å²) in [6.07, 6.45) is 0. The summed E-state index contributed by atoms with van der Waals surface area (Å²) in [4.78, 5) is 24.1. The normalized spacial score (nSPS) is 10.9. The Hall–Kier alpha value is -1.36. The van der Waals surface area contributed by atoms with Crippen molar-refractivity contribution in [1.82, 2.24) is 4.90 Å². The van der Waals surface area contributed by atoms with Crippen molar-refractivity contribution in [2.45, 2.75) is 0 Å². The maximum atomic E-state index is 11.1. The SMILES string of the molecule is CNc1c(NCCN(C)C)c(=O)c1=O. The van der Waals surface area contributed by atoms with E-state index in [4.69, 9.17) is 0 Å². The Morgan fingerprint density at radius 3 is 2.21 bits per heavy atom. The number of hydrogen-bond donors (Lipinski definition) is 2. The van der Waals surface area contributed by atoms with Crippen molar-refractivity contribution in [2.75, 3.05) is 44.9 Å². The molecule has 0 spiro atoms. The van der Waals surface area contributed by atoms with Gasteiger partial charge >= 0.3 is 0 Å². The van der Waals surface area contributed by atoms with Crippen LogP contribution in [0.5, 0.6) is 0 Å². The Labute approximate surface area is 82.4 Å². The third kappa shape index (κ3) is 1.93. The maximum Gasteiger partial charge on any atom is 0.253 e. The second kappa shape index (κ2) is 4.23. The van der Waals surface area contributed by atoms with Crippen molar-refractivity contribution in [3.8, 4) is 0 Å². The molecule has 0 aromatic heterocycles. The van der Waals surface area contributed by atoms with Crippen LogP contribution in [0.1, 0.15) is 0 Å². The van der Waals surface area contributed by atoms with Gasteiger partial charge in [0.1, 0.15) is 11.4 Å². The summed E-state index contributed by atoms with van der Waals surface area (Å²) in [7, 11) is 5.53. The summed E-state index contributed by atoms with van der Waals surface area (Å²) in [6, 6.07) is 0. The molecular formula is C9H15N3O2. The van der Waals surface area contributed by atoms with Crippen molar-refractivity contribution in [3.05, 3.63) is 20.4 Å². The average Bonchev–Trinajstić information content (AvgIpc) is 2.15. The van der Waals surface area contributed by atoms with Crippen LogP contribution in [0.25, 0.3) is 0 Å². The monoisotopic (exact) mass is 197 g/mol. The van der Waals surface area contributed by atoms with Crippen LogP contribution in [0, 0.1) is 0 Å². The van der Waals surface area contributed by atoms with Crippen LogP contribution in [-0.4, -0.2) is 39.1 Å². The van der Waals surface area contributed by atoms with Crippen molar-refractivity contribution in [3.63, 3.8) is 0 Å². The van der Waals surface area contributed by atoms with E-state index in [0.29, 0.717) is 17.9 Å². The van der Waals surface area contributed by atoms with E-state index in [2.05, 4.69) is 10.6 Å². The molecule has 1 aromatic carbocycles. The standard InChI is InChI=1S/C9H15N3O2/c1-10-6-7(9(14)8(6)13)11-4-5-12(2)3/h10-11H,4-5H2,1-3H3. The molecule has 5 nitrogen and oxygen atoms in total. The highest BCUT2D eigenvalue weighted by molar-refractivity contribution is 5.73. The van der Waals surface area contributed by atoms with E-state index >= 15 is 0 Å². The Morgan fingerprint density at radius 2 is 1.71 bits per heavy atom. The van der Waals surface area contributed by atoms with Gasteiger partial charge in [0.15, 0.2) is 0 Å². The third-order valence-corrected chi connectivity index (χ3v) is 2.02. The van der Waals surface area contributed by atoms with Gasteiger partial charge in [-0.3, -0.25) is 9.59 Å². The molecular weight excluding hydrogens is 182 g/mol. The van der Waals surface area contributed by atoms with Gasteiger partial charge in [-0.1, -0.05) is 0 Å². The zero-order valence-electron chi connectivity index (χ0n) is 8.68. The van der Waals surface area contributed by atoms with Gasteiger partial charge in [0, 0.05) is 20.1 Å². The Balaban J connectivity index is 2.56. The van der Waals surface area contributed by atoms with Gasteiger partial charge in [-0.05, 0) is 14.1 Å². The molecule has 1 rings (SSSR count). The molecule has 78 valence electrons. The van der Waals surface area contributed by atoms with Crippen LogP contribution >= 0.6 is 0 Å². The molecule has 0 bridgehead atoms. The number of nitrogens with zero attached hydrogens (tertiary/aromatic N) is 1. The van der Waals surface area contributed by atoms with E-state index < -0.39 is 10.9 Å². The second-order valence-electron chi connectivity index (χ2n) is 3.39. The first-order valence-electron chi connectivity index (χ1n) is 4.47. The van der Waals surface area contributed by atoms with Gasteiger partial charge in [0.25, 0.3) is 10.9 Å². The zero-order chi connectivity index (χ0) is 10.7. The minimum atomic E-state index is -0.431. The first-order chi connectivity index (χ1) is 6.57. The largest absolute Gasteiger partial charge is 0.383 e. The minimum absolute atomic E-state index is 0.397. The summed E-state index contributed by atoms with van der Waals surface area (Å²) >= 11 is 0. The summed E-state index contributed by atoms with van der Waals surface area (Å²) in [5, 5.41) is 5.64. The van der Waals surface area contributed by atoms with E-state index in [-0.39, 0.29) is 0 Å². The lowest BCUT2D eigenvalue weighted by Crippen LogP contribution is -2.37. The number of hydrogen-bond acceptors (Lipinski definition) is 5. The topological polar surface area (TPSA) is 61.4 Å². The molecule has 0 aliphatic heterocycles. The third-order valence-electron chi connectivity index (χ3n) is 2.02. The van der Waals surface area contributed by atoms with E-state index in [1.165, 1.54) is 0 Å². The van der Waals surface area contributed by atoms with Gasteiger partial charge in [-0.25, -0.2) is 0 Å². The van der Waals surface area contributed by atoms with Crippen molar-refractivity contribution >= 4 is 11.4 Å². The lowest BCUT2D eigenvalue weighted by atomic mass is 10.2. The van der Waals surface area contributed by atoms with Gasteiger partial charge in [0.05, 0.1) is 0 Å². The van der Waals surface area contributed by atoms with Crippen LogP contribution in [0.2, 0.25) is 0 Å². The summed E-state index contributed by atoms with van der Waals surface area (Å²) in [5.41, 5.74) is -0.0407. The molecule has 0 radical (unpaired) electrons. The van der Waals surface area contributed by atoms with E-state index in [1.807, 2.05) is 19.0 Å². The fourth-order valence-corrected chi connectivity index (χ4v) is 1.20. The molecule has 0 saturated heterocycles. The molecule has 0 unspecified atom stereocenters. The summed E-state index contributed by atoms with van der Waals surface area (Å²) in [6.45, 7) is 1.48. The molecule has 5 heteroatoms. The molecule has 2 N–H and O–H groups in total. The molecule has 0 fully saturated rings. The van der Waals surface area contributed by atoms with Crippen molar-refractivity contribution < 1.29 is 0 Å². The Morgan fingerprint density at radius 1 is 1.14 bits per heavy atom. The predicted octanol–water partition coefficient (Wildman–Crippen LogP) is -0.702. The zero-order valence-corrected chi connectivity index (χ0v) is 8.68. The van der Waals surface area contributed by atoms with Gasteiger partial charge in [-0.15, -0.1) is 0 Å². The summed E-state index contributed by atoms with van der Waals surface area (Å²) in [5.74, 6) is 0. The quantitative estimate of drug-likeness (QED) is 0.611. The van der Waals surface area contributed by atoms with Crippen LogP contribution < -0.4 is 21.5 Å². The molecule has 0 amide bonds. The first kappa shape index (κ1) is 10.7. The van der Waals surface area contributed by atoms with Crippen LogP contribution in [-0.2, 0) is 0 Å². The van der Waals surface area contributed by atoms with Gasteiger partial charge in [-0.2, -0.15) is 0 Å². The van der Waals surface area contributed by atoms with E-state index in [0.717, 1.165) is 6.54 Å². The van der Waals surface area contributed by atoms with E-state index in [1.54, 1.807) is 7.05 Å². The highest BCUT2D eigenvalue weighted by Gasteiger charge is 2.18. The highest BCUT2D eigenvalue weighted by atomic mass is 16.2. The molecule has 0 aliphatic rings. The van der Waals surface area contributed by atoms with Gasteiger partial charge in [0.2, 0.25) is 0 Å². The average molecular weight is 197 g/mol. The molecule has 1 aromatic rings. The lowest BCUT2D eigenvalue weighted by molar-refractivity contribution is 0.425. The maximum absolute atomic E-state index is 11.1. The second-order valence-corrected chi connectivity index (χ2v) is 3.39. The Kier molecular flexibility index (Phi) is 3.24.